The average molecular weight is 314 g/mol. The van der Waals surface area contributed by atoms with Crippen LogP contribution < -0.4 is 10.0 Å². The van der Waals surface area contributed by atoms with Crippen LogP contribution in [0.4, 0.5) is 0 Å². The summed E-state index contributed by atoms with van der Waals surface area (Å²) in [5.41, 5.74) is 1.05. The number of hydrogen-bond donors (Lipinski definition) is 2. The lowest BCUT2D eigenvalue weighted by Gasteiger charge is -2.22. The van der Waals surface area contributed by atoms with E-state index >= 15 is 0 Å². The molecule has 0 saturated heterocycles. The van der Waals surface area contributed by atoms with E-state index in [9.17, 15) is 8.42 Å². The predicted molar refractivity (Wildman–Crippen MR) is 81.4 cm³/mol. The van der Waals surface area contributed by atoms with Crippen molar-refractivity contribution >= 4 is 21.4 Å². The molecule has 2 bridgehead atoms. The molecule has 0 spiro atoms. The maximum absolute atomic E-state index is 12.5. The van der Waals surface area contributed by atoms with Crippen molar-refractivity contribution in [2.75, 3.05) is 7.05 Å². The molecule has 6 heteroatoms. The van der Waals surface area contributed by atoms with E-state index < -0.39 is 10.0 Å². The van der Waals surface area contributed by atoms with Gasteiger partial charge in [0.1, 0.15) is 4.21 Å². The van der Waals surface area contributed by atoms with Gasteiger partial charge in [0.25, 0.3) is 0 Å². The summed E-state index contributed by atoms with van der Waals surface area (Å²) in [4.78, 5) is 1.10. The molecular weight excluding hydrogens is 292 g/mol. The molecule has 20 heavy (non-hydrogen) atoms. The van der Waals surface area contributed by atoms with Gasteiger partial charge in [0.15, 0.2) is 0 Å². The maximum atomic E-state index is 12.5. The maximum Gasteiger partial charge on any atom is 0.250 e. The van der Waals surface area contributed by atoms with Crippen LogP contribution in [0.1, 0.15) is 36.1 Å². The molecular formula is C14H22N2O2S2. The van der Waals surface area contributed by atoms with Gasteiger partial charge in [-0.2, -0.15) is 0 Å². The van der Waals surface area contributed by atoms with Crippen LogP contribution in [0.2, 0.25) is 0 Å². The number of aryl methyl sites for hydroxylation is 1. The van der Waals surface area contributed by atoms with Gasteiger partial charge < -0.3 is 5.32 Å². The van der Waals surface area contributed by atoms with E-state index in [-0.39, 0.29) is 6.04 Å². The van der Waals surface area contributed by atoms with Gasteiger partial charge in [-0.05, 0) is 56.7 Å². The van der Waals surface area contributed by atoms with Crippen LogP contribution in [-0.2, 0) is 16.6 Å². The van der Waals surface area contributed by atoms with E-state index in [1.807, 2.05) is 14.0 Å². The lowest BCUT2D eigenvalue weighted by molar-refractivity contribution is 0.390. The van der Waals surface area contributed by atoms with Gasteiger partial charge in [0.05, 0.1) is 0 Å². The lowest BCUT2D eigenvalue weighted by Crippen LogP contribution is -2.38. The lowest BCUT2D eigenvalue weighted by atomic mass is 9.96. The fraction of sp³-hybridized carbons (Fsp3) is 0.714. The summed E-state index contributed by atoms with van der Waals surface area (Å²) in [6.45, 7) is 2.69. The largest absolute Gasteiger partial charge is 0.315 e. The van der Waals surface area contributed by atoms with Crippen molar-refractivity contribution in [2.24, 2.45) is 11.8 Å². The van der Waals surface area contributed by atoms with Crippen LogP contribution in [0.3, 0.4) is 0 Å². The molecule has 1 aromatic rings. The standard InChI is InChI=1S/C14H22N2O2S2/c1-9-5-14(19-13(9)8-15-2)20(17,18)16-12-7-10-3-4-11(12)6-10/h5,10-12,15-16H,3-4,6-8H2,1-2H3. The number of nitrogens with one attached hydrogen (secondary N) is 2. The highest BCUT2D eigenvalue weighted by atomic mass is 32.2. The molecule has 112 valence electrons. The Morgan fingerprint density at radius 3 is 2.75 bits per heavy atom. The fourth-order valence-electron chi connectivity index (χ4n) is 3.60. The molecule has 3 rings (SSSR count). The van der Waals surface area contributed by atoms with E-state index in [1.54, 1.807) is 6.07 Å². The molecule has 2 fully saturated rings. The van der Waals surface area contributed by atoms with E-state index in [4.69, 9.17) is 0 Å². The van der Waals surface area contributed by atoms with Crippen molar-refractivity contribution in [3.8, 4) is 0 Å². The highest BCUT2D eigenvalue weighted by molar-refractivity contribution is 7.91. The van der Waals surface area contributed by atoms with Crippen molar-refractivity contribution in [3.05, 3.63) is 16.5 Å². The van der Waals surface area contributed by atoms with Crippen molar-refractivity contribution in [1.82, 2.24) is 10.0 Å². The molecule has 0 amide bonds. The second-order valence-electron chi connectivity index (χ2n) is 6.10. The second-order valence-corrected chi connectivity index (χ2v) is 9.18. The molecule has 1 aromatic heterocycles. The summed E-state index contributed by atoms with van der Waals surface area (Å²) in [5.74, 6) is 1.31. The van der Waals surface area contributed by atoms with Crippen molar-refractivity contribution < 1.29 is 8.42 Å². The van der Waals surface area contributed by atoms with Crippen molar-refractivity contribution in [3.63, 3.8) is 0 Å². The van der Waals surface area contributed by atoms with E-state index in [2.05, 4.69) is 10.0 Å². The highest BCUT2D eigenvalue weighted by Crippen LogP contribution is 2.45. The number of sulfonamides is 1. The van der Waals surface area contributed by atoms with Gasteiger partial charge in [-0.25, -0.2) is 13.1 Å². The Kier molecular flexibility index (Phi) is 3.92. The molecule has 2 saturated carbocycles. The van der Waals surface area contributed by atoms with Crippen molar-refractivity contribution in [1.29, 1.82) is 0 Å². The Morgan fingerprint density at radius 1 is 1.35 bits per heavy atom. The molecule has 2 aliphatic rings. The summed E-state index contributed by atoms with van der Waals surface area (Å²) in [6, 6.07) is 1.96. The quantitative estimate of drug-likeness (QED) is 0.876. The summed E-state index contributed by atoms with van der Waals surface area (Å²) in [5, 5.41) is 3.08. The zero-order valence-electron chi connectivity index (χ0n) is 12.0. The molecule has 3 unspecified atom stereocenters. The Morgan fingerprint density at radius 2 is 2.15 bits per heavy atom. The fourth-order valence-corrected chi connectivity index (χ4v) is 6.54. The summed E-state index contributed by atoms with van der Waals surface area (Å²) >= 11 is 1.38. The summed E-state index contributed by atoms with van der Waals surface area (Å²) in [7, 11) is -1.47. The third-order valence-corrected chi connectivity index (χ3v) is 7.85. The molecule has 1 heterocycles. The van der Waals surface area contributed by atoms with Crippen molar-refractivity contribution in [2.45, 2.75) is 49.4 Å². The SMILES string of the molecule is CNCc1sc(S(=O)(=O)NC2CC3CCC2C3)cc1C. The molecule has 2 N–H and O–H groups in total. The van der Waals surface area contributed by atoms with E-state index in [1.165, 1.54) is 30.6 Å². The predicted octanol–water partition coefficient (Wildman–Crippen LogP) is 2.24. The first-order valence-corrected chi connectivity index (χ1v) is 9.56. The molecule has 0 aliphatic heterocycles. The first-order chi connectivity index (χ1) is 9.49. The van der Waals surface area contributed by atoms with Crippen LogP contribution in [0, 0.1) is 18.8 Å². The molecule has 0 radical (unpaired) electrons. The first-order valence-electron chi connectivity index (χ1n) is 7.26. The summed E-state index contributed by atoms with van der Waals surface area (Å²) in [6.07, 6.45) is 4.71. The normalized spacial score (nSPS) is 29.2. The minimum atomic E-state index is -3.35. The van der Waals surface area contributed by atoms with Gasteiger partial charge in [0.2, 0.25) is 10.0 Å². The van der Waals surface area contributed by atoms with Gasteiger partial charge in [-0.3, -0.25) is 0 Å². The van der Waals surface area contributed by atoms with Crippen LogP contribution in [-0.4, -0.2) is 21.5 Å². The smallest absolute Gasteiger partial charge is 0.250 e. The van der Waals surface area contributed by atoms with Crippen LogP contribution in [0.25, 0.3) is 0 Å². The number of fused-ring (bicyclic) bond motifs is 2. The minimum Gasteiger partial charge on any atom is -0.315 e. The molecule has 0 aromatic carbocycles. The Hall–Kier alpha value is -0.430. The molecule has 4 nitrogen and oxygen atoms in total. The van der Waals surface area contributed by atoms with Gasteiger partial charge >= 0.3 is 0 Å². The highest BCUT2D eigenvalue weighted by Gasteiger charge is 2.41. The number of thiophene rings is 1. The third-order valence-electron chi connectivity index (χ3n) is 4.64. The summed E-state index contributed by atoms with van der Waals surface area (Å²) < 4.78 is 28.4. The number of hydrogen-bond acceptors (Lipinski definition) is 4. The van der Waals surface area contributed by atoms with Gasteiger partial charge in [-0.1, -0.05) is 6.42 Å². The topological polar surface area (TPSA) is 58.2 Å². The van der Waals surface area contributed by atoms with Gasteiger partial charge in [0, 0.05) is 17.5 Å². The van der Waals surface area contributed by atoms with Crippen LogP contribution in [0.15, 0.2) is 10.3 Å². The zero-order chi connectivity index (χ0) is 14.3. The molecule has 2 aliphatic carbocycles. The monoisotopic (exact) mass is 314 g/mol. The van der Waals surface area contributed by atoms with E-state index in [0.717, 1.165) is 29.3 Å². The Balaban J connectivity index is 1.76. The average Bonchev–Trinajstić information content (AvgIpc) is 3.06. The minimum absolute atomic E-state index is 0.161. The van der Waals surface area contributed by atoms with E-state index in [0.29, 0.717) is 10.1 Å². The van der Waals surface area contributed by atoms with Crippen LogP contribution >= 0.6 is 11.3 Å². The molecule has 3 atom stereocenters. The Bertz CT molecular complexity index is 594. The van der Waals surface area contributed by atoms with Gasteiger partial charge in [-0.15, -0.1) is 11.3 Å². The zero-order valence-corrected chi connectivity index (χ0v) is 13.6. The number of rotatable bonds is 5. The second kappa shape index (κ2) is 5.40. The first kappa shape index (κ1) is 14.5. The Labute approximate surface area is 125 Å². The van der Waals surface area contributed by atoms with Crippen LogP contribution in [0.5, 0.6) is 0 Å². The third kappa shape index (κ3) is 2.66.